The number of likely N-dealkylation sites (N-methyl/N-ethyl adjacent to an activating group) is 1. The van der Waals surface area contributed by atoms with E-state index >= 15 is 0 Å². The van der Waals surface area contributed by atoms with Gasteiger partial charge >= 0.3 is 0 Å². The quantitative estimate of drug-likeness (QED) is 0.811. The van der Waals surface area contributed by atoms with Crippen LogP contribution in [0.1, 0.15) is 31.7 Å². The van der Waals surface area contributed by atoms with Crippen LogP contribution in [-0.2, 0) is 11.3 Å². The number of nitrogens with zero attached hydrogens (tertiary/aromatic N) is 5. The molecule has 0 N–H and O–H groups in total. The summed E-state index contributed by atoms with van der Waals surface area (Å²) in [5.41, 5.74) is 4.91. The Kier molecular flexibility index (Phi) is 4.95. The Labute approximate surface area is 162 Å². The third kappa shape index (κ3) is 3.73. The fourth-order valence-electron chi connectivity index (χ4n) is 4.04. The first kappa shape index (κ1) is 18.4. The van der Waals surface area contributed by atoms with Crippen LogP contribution in [0.25, 0.3) is 11.3 Å². The van der Waals surface area contributed by atoms with Gasteiger partial charge in [0.2, 0.25) is 0 Å². The molecule has 0 saturated carbocycles. The van der Waals surface area contributed by atoms with E-state index in [1.54, 1.807) is 0 Å². The Morgan fingerprint density at radius 1 is 1.26 bits per heavy atom. The molecule has 27 heavy (non-hydrogen) atoms. The van der Waals surface area contributed by atoms with Crippen LogP contribution in [0.4, 0.5) is 5.69 Å². The lowest BCUT2D eigenvalue weighted by atomic mass is 9.90. The molecule has 3 heterocycles. The predicted molar refractivity (Wildman–Crippen MR) is 108 cm³/mol. The van der Waals surface area contributed by atoms with Crippen LogP contribution in [0.5, 0.6) is 0 Å². The van der Waals surface area contributed by atoms with Crippen LogP contribution in [0.3, 0.4) is 0 Å². The summed E-state index contributed by atoms with van der Waals surface area (Å²) < 4.78 is 7.74. The normalized spacial score (nSPS) is 22.1. The van der Waals surface area contributed by atoms with Gasteiger partial charge in [-0.1, -0.05) is 11.3 Å². The van der Waals surface area contributed by atoms with Crippen LogP contribution >= 0.6 is 0 Å². The zero-order valence-corrected chi connectivity index (χ0v) is 17.0. The summed E-state index contributed by atoms with van der Waals surface area (Å²) in [5, 5.41) is 8.73. The molecule has 6 heteroatoms. The highest BCUT2D eigenvalue weighted by Gasteiger charge is 2.40. The summed E-state index contributed by atoms with van der Waals surface area (Å²) in [5.74, 6) is 0. The van der Waals surface area contributed by atoms with Crippen LogP contribution in [0.2, 0.25) is 0 Å². The van der Waals surface area contributed by atoms with Gasteiger partial charge in [0.25, 0.3) is 0 Å². The molecule has 2 aliphatic rings. The van der Waals surface area contributed by atoms with E-state index < -0.39 is 0 Å². The highest BCUT2D eigenvalue weighted by atomic mass is 16.5. The van der Waals surface area contributed by atoms with Crippen LogP contribution in [0.15, 0.2) is 24.4 Å². The average molecular weight is 370 g/mol. The van der Waals surface area contributed by atoms with Gasteiger partial charge in [-0.3, -0.25) is 0 Å². The van der Waals surface area contributed by atoms with Crippen molar-refractivity contribution in [3.8, 4) is 11.3 Å². The van der Waals surface area contributed by atoms with Gasteiger partial charge in [-0.25, -0.2) is 4.68 Å². The van der Waals surface area contributed by atoms with Gasteiger partial charge in [0.1, 0.15) is 5.69 Å². The molecule has 2 aromatic rings. The molecule has 146 valence electrons. The summed E-state index contributed by atoms with van der Waals surface area (Å²) in [4.78, 5) is 4.76. The van der Waals surface area contributed by atoms with Crippen molar-refractivity contribution < 1.29 is 4.74 Å². The summed E-state index contributed by atoms with van der Waals surface area (Å²) in [6, 6.07) is 6.66. The molecule has 1 unspecified atom stereocenters. The van der Waals surface area contributed by atoms with E-state index in [0.717, 1.165) is 43.9 Å². The molecule has 0 aliphatic carbocycles. The second-order valence-corrected chi connectivity index (χ2v) is 8.56. The van der Waals surface area contributed by atoms with E-state index in [9.17, 15) is 0 Å². The number of benzene rings is 1. The Hall–Kier alpha value is -1.92. The monoisotopic (exact) mass is 369 g/mol. The number of ether oxygens (including phenoxy) is 1. The molecule has 1 aromatic heterocycles. The first-order valence-corrected chi connectivity index (χ1v) is 10.00. The van der Waals surface area contributed by atoms with Crippen molar-refractivity contribution in [2.24, 2.45) is 0 Å². The molecule has 0 spiro atoms. The molecule has 2 aliphatic heterocycles. The van der Waals surface area contributed by atoms with Crippen molar-refractivity contribution >= 4 is 5.69 Å². The van der Waals surface area contributed by atoms with Crippen molar-refractivity contribution in [2.45, 2.75) is 51.3 Å². The molecule has 6 nitrogen and oxygen atoms in total. The fraction of sp³-hybridized carbons (Fsp3) is 0.619. The van der Waals surface area contributed by atoms with Gasteiger partial charge in [-0.15, -0.1) is 5.10 Å². The molecular weight excluding hydrogens is 338 g/mol. The molecule has 1 aromatic carbocycles. The van der Waals surface area contributed by atoms with Crippen LogP contribution in [-0.4, -0.2) is 65.3 Å². The lowest BCUT2D eigenvalue weighted by Crippen LogP contribution is -2.67. The SMILES string of the molecule is Cc1cc(N2CC(C)(N(C)C)C2)ccc1-c1cn(CC2CCCCO2)nn1. The molecule has 0 radical (unpaired) electrons. The van der Waals surface area contributed by atoms with E-state index in [-0.39, 0.29) is 11.6 Å². The summed E-state index contributed by atoms with van der Waals surface area (Å²) in [6.45, 7) is 8.27. The Morgan fingerprint density at radius 3 is 2.74 bits per heavy atom. The van der Waals surface area contributed by atoms with E-state index in [2.05, 4.69) is 66.3 Å². The summed E-state index contributed by atoms with van der Waals surface area (Å²) in [7, 11) is 4.32. The third-order valence-electron chi connectivity index (χ3n) is 6.20. The zero-order valence-electron chi connectivity index (χ0n) is 17.0. The van der Waals surface area contributed by atoms with Gasteiger partial charge in [0.15, 0.2) is 0 Å². The fourth-order valence-corrected chi connectivity index (χ4v) is 4.04. The Balaban J connectivity index is 1.44. The van der Waals surface area contributed by atoms with Gasteiger partial charge in [0.05, 0.1) is 24.4 Å². The van der Waals surface area contributed by atoms with Crippen molar-refractivity contribution in [3.63, 3.8) is 0 Å². The number of hydrogen-bond acceptors (Lipinski definition) is 5. The highest BCUT2D eigenvalue weighted by molar-refractivity contribution is 5.67. The summed E-state index contributed by atoms with van der Waals surface area (Å²) in [6.07, 6.45) is 5.86. The molecule has 4 rings (SSSR count). The first-order chi connectivity index (χ1) is 12.9. The predicted octanol–water partition coefficient (Wildman–Crippen LogP) is 2.96. The minimum absolute atomic E-state index is 0.272. The Bertz CT molecular complexity index is 788. The van der Waals surface area contributed by atoms with E-state index in [1.165, 1.54) is 24.1 Å². The summed E-state index contributed by atoms with van der Waals surface area (Å²) >= 11 is 0. The first-order valence-electron chi connectivity index (χ1n) is 10.00. The number of hydrogen-bond donors (Lipinski definition) is 0. The molecule has 2 saturated heterocycles. The van der Waals surface area contributed by atoms with Gasteiger partial charge in [-0.05, 0) is 64.9 Å². The maximum Gasteiger partial charge on any atom is 0.113 e. The standard InChI is InChI=1S/C21H31N5O/c1-16-11-17(25-14-21(2,15-25)24(3)4)8-9-19(16)20-13-26(23-22-20)12-18-7-5-6-10-27-18/h8-9,11,13,18H,5-7,10,12,14-15H2,1-4H3. The zero-order chi connectivity index (χ0) is 19.0. The van der Waals surface area contributed by atoms with Crippen LogP contribution in [0, 0.1) is 6.92 Å². The maximum atomic E-state index is 5.82. The lowest BCUT2D eigenvalue weighted by molar-refractivity contribution is 0.00370. The van der Waals surface area contributed by atoms with Gasteiger partial charge in [-0.2, -0.15) is 0 Å². The number of aromatic nitrogens is 3. The number of anilines is 1. The molecule has 1 atom stereocenters. The molecular formula is C21H31N5O. The van der Waals surface area contributed by atoms with Gasteiger partial charge in [0, 0.05) is 30.9 Å². The second-order valence-electron chi connectivity index (χ2n) is 8.56. The highest BCUT2D eigenvalue weighted by Crippen LogP contribution is 2.33. The molecule has 0 amide bonds. The average Bonchev–Trinajstić information content (AvgIpc) is 3.07. The molecule has 0 bridgehead atoms. The second kappa shape index (κ2) is 7.24. The smallest absolute Gasteiger partial charge is 0.113 e. The lowest BCUT2D eigenvalue weighted by Gasteiger charge is -2.53. The largest absolute Gasteiger partial charge is 0.376 e. The Morgan fingerprint density at radius 2 is 2.07 bits per heavy atom. The van der Waals surface area contributed by atoms with E-state index in [1.807, 2.05) is 10.9 Å². The van der Waals surface area contributed by atoms with Crippen molar-refractivity contribution in [2.75, 3.05) is 38.7 Å². The number of aryl methyl sites for hydroxylation is 1. The maximum absolute atomic E-state index is 5.82. The van der Waals surface area contributed by atoms with Crippen molar-refractivity contribution in [1.29, 1.82) is 0 Å². The molecule has 2 fully saturated rings. The van der Waals surface area contributed by atoms with Crippen molar-refractivity contribution in [3.05, 3.63) is 30.0 Å². The minimum atomic E-state index is 0.272. The third-order valence-corrected chi connectivity index (χ3v) is 6.20. The minimum Gasteiger partial charge on any atom is -0.376 e. The topological polar surface area (TPSA) is 46.4 Å². The number of rotatable bonds is 5. The van der Waals surface area contributed by atoms with Crippen molar-refractivity contribution in [1.82, 2.24) is 19.9 Å². The van der Waals surface area contributed by atoms with E-state index in [4.69, 9.17) is 4.74 Å². The van der Waals surface area contributed by atoms with Gasteiger partial charge < -0.3 is 14.5 Å². The van der Waals surface area contributed by atoms with E-state index in [0.29, 0.717) is 0 Å². The van der Waals surface area contributed by atoms with Crippen LogP contribution < -0.4 is 4.90 Å².